The van der Waals surface area contributed by atoms with Crippen LogP contribution < -0.4 is 0 Å². The van der Waals surface area contributed by atoms with Gasteiger partial charge in [0.05, 0.1) is 19.3 Å². The molecule has 0 radical (unpaired) electrons. The molecule has 4 heteroatoms. The van der Waals surface area contributed by atoms with Crippen LogP contribution in [-0.4, -0.2) is 31.4 Å². The van der Waals surface area contributed by atoms with Crippen molar-refractivity contribution in [2.45, 2.75) is 32.2 Å². The van der Waals surface area contributed by atoms with E-state index in [0.29, 0.717) is 19.8 Å². The van der Waals surface area contributed by atoms with Gasteiger partial charge in [0.2, 0.25) is 0 Å². The van der Waals surface area contributed by atoms with Crippen LogP contribution in [0.5, 0.6) is 0 Å². The van der Waals surface area contributed by atoms with Crippen molar-refractivity contribution >= 4 is 5.97 Å². The third-order valence-electron chi connectivity index (χ3n) is 2.99. The van der Waals surface area contributed by atoms with Crippen LogP contribution in [0.1, 0.15) is 18.9 Å². The van der Waals surface area contributed by atoms with Crippen molar-refractivity contribution in [3.63, 3.8) is 0 Å². The van der Waals surface area contributed by atoms with Gasteiger partial charge in [-0.05, 0) is 25.0 Å². The molecule has 2 atom stereocenters. The molecule has 1 aliphatic rings. The average molecular weight is 276 g/mol. The molecule has 1 saturated heterocycles. The minimum Gasteiger partial charge on any atom is -0.463 e. The van der Waals surface area contributed by atoms with Crippen molar-refractivity contribution in [3.8, 4) is 0 Å². The Morgan fingerprint density at radius 1 is 1.35 bits per heavy atom. The average Bonchev–Trinajstić information content (AvgIpc) is 3.22. The third-order valence-corrected chi connectivity index (χ3v) is 2.99. The first-order valence-corrected chi connectivity index (χ1v) is 6.91. The summed E-state index contributed by atoms with van der Waals surface area (Å²) in [5, 5.41) is 0. The lowest BCUT2D eigenvalue weighted by atomic mass is 10.2. The van der Waals surface area contributed by atoms with Crippen molar-refractivity contribution in [1.82, 2.24) is 0 Å². The zero-order valence-corrected chi connectivity index (χ0v) is 11.7. The van der Waals surface area contributed by atoms with Gasteiger partial charge in [-0.3, -0.25) is 0 Å². The van der Waals surface area contributed by atoms with Gasteiger partial charge in [-0.15, -0.1) is 0 Å². The predicted molar refractivity (Wildman–Crippen MR) is 75.1 cm³/mol. The van der Waals surface area contributed by atoms with Crippen LogP contribution in [0.25, 0.3) is 0 Å². The monoisotopic (exact) mass is 276 g/mol. The maximum Gasteiger partial charge on any atom is 0.330 e. The van der Waals surface area contributed by atoms with E-state index < -0.39 is 0 Å². The maximum absolute atomic E-state index is 11.1. The van der Waals surface area contributed by atoms with Crippen LogP contribution in [0.4, 0.5) is 0 Å². The highest BCUT2D eigenvalue weighted by Crippen LogP contribution is 2.26. The van der Waals surface area contributed by atoms with E-state index in [1.54, 1.807) is 13.0 Å². The van der Waals surface area contributed by atoms with Gasteiger partial charge in [-0.25, -0.2) is 4.79 Å². The van der Waals surface area contributed by atoms with Crippen LogP contribution in [0.15, 0.2) is 42.5 Å². The van der Waals surface area contributed by atoms with Crippen LogP contribution in [0.2, 0.25) is 0 Å². The summed E-state index contributed by atoms with van der Waals surface area (Å²) in [6.45, 7) is 3.46. The lowest BCUT2D eigenvalue weighted by molar-refractivity contribution is -0.137. The number of ether oxygens (including phenoxy) is 3. The molecule has 1 aromatic rings. The standard InChI is InChI=1S/C16H20O4/c1-2-19-16(17)9-8-14-15(20-14)10-11-18-12-13-6-4-3-5-7-13/h3-9,14-15H,2,10-12H2,1H3/b9-8+/t14-,15-/m0/s1. The Morgan fingerprint density at radius 2 is 2.15 bits per heavy atom. The highest BCUT2D eigenvalue weighted by Gasteiger charge is 2.35. The zero-order chi connectivity index (χ0) is 14.2. The fourth-order valence-electron chi connectivity index (χ4n) is 1.89. The summed E-state index contributed by atoms with van der Waals surface area (Å²) in [6.07, 6.45) is 4.21. The summed E-state index contributed by atoms with van der Waals surface area (Å²) in [5.74, 6) is -0.318. The van der Waals surface area contributed by atoms with Gasteiger partial charge < -0.3 is 14.2 Å². The smallest absolute Gasteiger partial charge is 0.330 e. The Morgan fingerprint density at radius 3 is 2.90 bits per heavy atom. The van der Waals surface area contributed by atoms with Crippen LogP contribution in [-0.2, 0) is 25.6 Å². The summed E-state index contributed by atoms with van der Waals surface area (Å²) >= 11 is 0. The van der Waals surface area contributed by atoms with Crippen LogP contribution >= 0.6 is 0 Å². The highest BCUT2D eigenvalue weighted by molar-refractivity contribution is 5.82. The van der Waals surface area contributed by atoms with Crippen molar-refractivity contribution in [2.24, 2.45) is 0 Å². The molecule has 2 rings (SSSR count). The molecule has 1 fully saturated rings. The zero-order valence-electron chi connectivity index (χ0n) is 11.7. The number of epoxide rings is 1. The SMILES string of the molecule is CCOC(=O)/C=C/[C@@H]1O[C@H]1CCOCc1ccccc1. The summed E-state index contributed by atoms with van der Waals surface area (Å²) in [7, 11) is 0. The minimum atomic E-state index is -0.318. The Kier molecular flexibility index (Phi) is 5.77. The Labute approximate surface area is 119 Å². The van der Waals surface area contributed by atoms with Crippen molar-refractivity contribution in [1.29, 1.82) is 0 Å². The molecule has 1 heterocycles. The van der Waals surface area contributed by atoms with Crippen LogP contribution in [0, 0.1) is 0 Å². The number of esters is 1. The maximum atomic E-state index is 11.1. The molecule has 0 spiro atoms. The molecule has 20 heavy (non-hydrogen) atoms. The Bertz CT molecular complexity index is 441. The van der Waals surface area contributed by atoms with Crippen molar-refractivity contribution in [3.05, 3.63) is 48.0 Å². The fourth-order valence-corrected chi connectivity index (χ4v) is 1.89. The van der Waals surface area contributed by atoms with Crippen molar-refractivity contribution < 1.29 is 19.0 Å². The summed E-state index contributed by atoms with van der Waals surface area (Å²) in [5.41, 5.74) is 1.17. The van der Waals surface area contributed by atoms with E-state index in [-0.39, 0.29) is 18.2 Å². The highest BCUT2D eigenvalue weighted by atomic mass is 16.6. The molecule has 1 aliphatic heterocycles. The topological polar surface area (TPSA) is 48.1 Å². The second-order valence-electron chi connectivity index (χ2n) is 4.58. The van der Waals surface area contributed by atoms with Gasteiger partial charge in [-0.1, -0.05) is 30.3 Å². The van der Waals surface area contributed by atoms with E-state index in [0.717, 1.165) is 6.42 Å². The van der Waals surface area contributed by atoms with Crippen LogP contribution in [0.3, 0.4) is 0 Å². The van der Waals surface area contributed by atoms with E-state index in [1.807, 2.05) is 30.3 Å². The number of hydrogen-bond acceptors (Lipinski definition) is 4. The summed E-state index contributed by atoms with van der Waals surface area (Å²) < 4.78 is 15.8. The number of benzene rings is 1. The fraction of sp³-hybridized carbons (Fsp3) is 0.438. The number of hydrogen-bond donors (Lipinski definition) is 0. The summed E-state index contributed by atoms with van der Waals surface area (Å²) in [6, 6.07) is 10.1. The molecular formula is C16H20O4. The van der Waals surface area contributed by atoms with Gasteiger partial charge in [0.25, 0.3) is 0 Å². The first-order valence-electron chi connectivity index (χ1n) is 6.91. The first-order chi connectivity index (χ1) is 9.79. The molecule has 108 valence electrons. The van der Waals surface area contributed by atoms with E-state index in [2.05, 4.69) is 0 Å². The Balaban J connectivity index is 1.55. The summed E-state index contributed by atoms with van der Waals surface area (Å²) in [4.78, 5) is 11.1. The quantitative estimate of drug-likeness (QED) is 0.317. The van der Waals surface area contributed by atoms with E-state index in [1.165, 1.54) is 11.6 Å². The minimum absolute atomic E-state index is 0.0275. The molecule has 1 aromatic carbocycles. The Hall–Kier alpha value is -1.65. The molecule has 0 aromatic heterocycles. The van der Waals surface area contributed by atoms with E-state index in [9.17, 15) is 4.79 Å². The van der Waals surface area contributed by atoms with Gasteiger partial charge in [0.15, 0.2) is 0 Å². The normalized spacial score (nSPS) is 21.1. The number of carbonyl (C=O) groups excluding carboxylic acids is 1. The van der Waals surface area contributed by atoms with Gasteiger partial charge >= 0.3 is 5.97 Å². The molecule has 4 nitrogen and oxygen atoms in total. The largest absolute Gasteiger partial charge is 0.463 e. The number of rotatable bonds is 8. The third kappa shape index (κ3) is 5.15. The molecular weight excluding hydrogens is 256 g/mol. The molecule has 0 bridgehead atoms. The molecule has 0 saturated carbocycles. The molecule has 0 unspecified atom stereocenters. The lowest BCUT2D eigenvalue weighted by Gasteiger charge is -2.02. The second kappa shape index (κ2) is 7.82. The lowest BCUT2D eigenvalue weighted by Crippen LogP contribution is -2.02. The molecule has 0 N–H and O–H groups in total. The second-order valence-corrected chi connectivity index (χ2v) is 4.58. The molecule has 0 aliphatic carbocycles. The van der Waals surface area contributed by atoms with E-state index in [4.69, 9.17) is 14.2 Å². The van der Waals surface area contributed by atoms with Crippen molar-refractivity contribution in [2.75, 3.05) is 13.2 Å². The van der Waals surface area contributed by atoms with E-state index >= 15 is 0 Å². The van der Waals surface area contributed by atoms with Gasteiger partial charge in [0, 0.05) is 12.7 Å². The first kappa shape index (κ1) is 14.8. The molecule has 0 amide bonds. The predicted octanol–water partition coefficient (Wildman–Crippen LogP) is 2.48. The van der Waals surface area contributed by atoms with Gasteiger partial charge in [-0.2, -0.15) is 0 Å². The van der Waals surface area contributed by atoms with Gasteiger partial charge in [0.1, 0.15) is 6.10 Å². The number of carbonyl (C=O) groups is 1.